The molecule has 1 aliphatic carbocycles. The molecular weight excluding hydrogens is 274 g/mol. The van der Waals surface area contributed by atoms with Crippen molar-refractivity contribution >= 4 is 17.5 Å². The Balaban J connectivity index is 2.09. The van der Waals surface area contributed by atoms with Gasteiger partial charge >= 0.3 is 0 Å². The highest BCUT2D eigenvalue weighted by atomic mass is 35.5. The molecule has 0 spiro atoms. The molecule has 0 aromatic heterocycles. The van der Waals surface area contributed by atoms with E-state index in [0.717, 1.165) is 18.6 Å². The molecule has 1 aromatic rings. The zero-order chi connectivity index (χ0) is 14.4. The predicted molar refractivity (Wildman–Crippen MR) is 81.6 cm³/mol. The summed E-state index contributed by atoms with van der Waals surface area (Å²) in [6, 6.07) is 7.73. The van der Waals surface area contributed by atoms with Gasteiger partial charge in [0.05, 0.1) is 6.61 Å². The number of benzene rings is 1. The van der Waals surface area contributed by atoms with Crippen molar-refractivity contribution in [1.29, 1.82) is 0 Å². The molecule has 0 heterocycles. The molecule has 1 aliphatic rings. The maximum absolute atomic E-state index is 12.6. The van der Waals surface area contributed by atoms with E-state index in [-0.39, 0.29) is 5.91 Å². The number of hydrogen-bond acceptors (Lipinski definition) is 2. The van der Waals surface area contributed by atoms with Crippen molar-refractivity contribution in [3.63, 3.8) is 0 Å². The number of ether oxygens (including phenoxy) is 1. The van der Waals surface area contributed by atoms with E-state index >= 15 is 0 Å². The Labute approximate surface area is 125 Å². The molecule has 2 rings (SSSR count). The fraction of sp³-hybridized carbons (Fsp3) is 0.562. The first kappa shape index (κ1) is 15.2. The number of nitrogens with zero attached hydrogens (tertiary/aromatic N) is 1. The van der Waals surface area contributed by atoms with Crippen LogP contribution >= 0.6 is 11.6 Å². The van der Waals surface area contributed by atoms with Gasteiger partial charge in [-0.1, -0.05) is 12.8 Å². The molecule has 20 heavy (non-hydrogen) atoms. The number of carbonyl (C=O) groups is 1. The summed E-state index contributed by atoms with van der Waals surface area (Å²) in [6.07, 6.45) is 4.61. The molecule has 4 heteroatoms. The molecule has 0 aliphatic heterocycles. The van der Waals surface area contributed by atoms with E-state index in [4.69, 9.17) is 16.3 Å². The number of carbonyl (C=O) groups excluding carboxylic acids is 1. The van der Waals surface area contributed by atoms with Crippen molar-refractivity contribution in [1.82, 2.24) is 4.90 Å². The lowest BCUT2D eigenvalue weighted by atomic mass is 10.1. The van der Waals surface area contributed by atoms with Crippen molar-refractivity contribution < 1.29 is 9.53 Å². The quantitative estimate of drug-likeness (QED) is 0.749. The highest BCUT2D eigenvalue weighted by Gasteiger charge is 2.26. The first-order valence-electron chi connectivity index (χ1n) is 7.36. The van der Waals surface area contributed by atoms with Gasteiger partial charge in [0, 0.05) is 24.0 Å². The molecule has 110 valence electrons. The molecule has 0 unspecified atom stereocenters. The standard InChI is InChI=1S/C16H22ClNO2/c1-2-20-15-9-7-13(8-10-15)16(19)18(12-11-17)14-5-3-4-6-14/h7-10,14H,2-6,11-12H2,1H3. The minimum Gasteiger partial charge on any atom is -0.494 e. The van der Waals surface area contributed by atoms with Gasteiger partial charge in [-0.3, -0.25) is 4.79 Å². The van der Waals surface area contributed by atoms with Gasteiger partial charge in [0.1, 0.15) is 5.75 Å². The second-order valence-corrected chi connectivity index (χ2v) is 5.46. The summed E-state index contributed by atoms with van der Waals surface area (Å²) in [5, 5.41) is 0. The van der Waals surface area contributed by atoms with Gasteiger partial charge in [-0.05, 0) is 44.0 Å². The normalized spacial score (nSPS) is 15.3. The summed E-state index contributed by atoms with van der Waals surface area (Å²) in [5.41, 5.74) is 0.713. The van der Waals surface area contributed by atoms with Crippen molar-refractivity contribution in [3.8, 4) is 5.75 Å². The maximum Gasteiger partial charge on any atom is 0.254 e. The molecule has 0 bridgehead atoms. The van der Waals surface area contributed by atoms with Crippen molar-refractivity contribution in [3.05, 3.63) is 29.8 Å². The summed E-state index contributed by atoms with van der Waals surface area (Å²) >= 11 is 5.86. The Kier molecular flexibility index (Phi) is 5.72. The van der Waals surface area contributed by atoms with Gasteiger partial charge < -0.3 is 9.64 Å². The van der Waals surface area contributed by atoms with Crippen molar-refractivity contribution in [2.24, 2.45) is 0 Å². The molecule has 1 saturated carbocycles. The fourth-order valence-corrected chi connectivity index (χ4v) is 2.97. The summed E-state index contributed by atoms with van der Waals surface area (Å²) in [7, 11) is 0. The Bertz CT molecular complexity index is 427. The minimum atomic E-state index is 0.0839. The molecular formula is C16H22ClNO2. The van der Waals surface area contributed by atoms with Crippen LogP contribution in [0, 0.1) is 0 Å². The van der Waals surface area contributed by atoms with Crippen molar-refractivity contribution in [2.45, 2.75) is 38.6 Å². The maximum atomic E-state index is 12.6. The van der Waals surface area contributed by atoms with Crippen LogP contribution in [-0.2, 0) is 0 Å². The zero-order valence-electron chi connectivity index (χ0n) is 12.0. The monoisotopic (exact) mass is 295 g/mol. The largest absolute Gasteiger partial charge is 0.494 e. The van der Waals surface area contributed by atoms with Crippen LogP contribution in [0.1, 0.15) is 43.0 Å². The van der Waals surface area contributed by atoms with E-state index in [1.165, 1.54) is 12.8 Å². The van der Waals surface area contributed by atoms with Gasteiger partial charge in [-0.25, -0.2) is 0 Å². The number of alkyl halides is 1. The van der Waals surface area contributed by atoms with E-state index in [2.05, 4.69) is 0 Å². The zero-order valence-corrected chi connectivity index (χ0v) is 12.7. The smallest absolute Gasteiger partial charge is 0.254 e. The molecule has 0 atom stereocenters. The lowest BCUT2D eigenvalue weighted by Gasteiger charge is -2.28. The molecule has 1 aromatic carbocycles. The summed E-state index contributed by atoms with van der Waals surface area (Å²) in [5.74, 6) is 1.37. The fourth-order valence-electron chi connectivity index (χ4n) is 2.78. The van der Waals surface area contributed by atoms with Crippen LogP contribution < -0.4 is 4.74 Å². The van der Waals surface area contributed by atoms with Gasteiger partial charge in [-0.2, -0.15) is 0 Å². The second-order valence-electron chi connectivity index (χ2n) is 5.08. The van der Waals surface area contributed by atoms with Gasteiger partial charge in [0.25, 0.3) is 5.91 Å². The lowest BCUT2D eigenvalue weighted by Crippen LogP contribution is -2.40. The summed E-state index contributed by atoms with van der Waals surface area (Å²) < 4.78 is 5.40. The minimum absolute atomic E-state index is 0.0839. The average Bonchev–Trinajstić information content (AvgIpc) is 2.99. The lowest BCUT2D eigenvalue weighted by molar-refractivity contribution is 0.0695. The van der Waals surface area contributed by atoms with Crippen LogP contribution in [-0.4, -0.2) is 35.9 Å². The van der Waals surface area contributed by atoms with Gasteiger partial charge in [-0.15, -0.1) is 11.6 Å². The molecule has 0 N–H and O–H groups in total. The van der Waals surface area contributed by atoms with E-state index < -0.39 is 0 Å². The van der Waals surface area contributed by atoms with Crippen molar-refractivity contribution in [2.75, 3.05) is 19.0 Å². The first-order valence-corrected chi connectivity index (χ1v) is 7.89. The summed E-state index contributed by atoms with van der Waals surface area (Å²) in [4.78, 5) is 14.6. The topological polar surface area (TPSA) is 29.5 Å². The molecule has 1 fully saturated rings. The number of amides is 1. The average molecular weight is 296 g/mol. The van der Waals surface area contributed by atoms with Crippen LogP contribution in [0.5, 0.6) is 5.75 Å². The van der Waals surface area contributed by atoms with E-state index in [9.17, 15) is 4.79 Å². The molecule has 1 amide bonds. The van der Waals surface area contributed by atoms with Crippen LogP contribution in [0.2, 0.25) is 0 Å². The highest BCUT2D eigenvalue weighted by Crippen LogP contribution is 2.25. The third-order valence-electron chi connectivity index (χ3n) is 3.76. The van der Waals surface area contributed by atoms with Crippen LogP contribution in [0.3, 0.4) is 0 Å². The number of hydrogen-bond donors (Lipinski definition) is 0. The number of rotatable bonds is 6. The SMILES string of the molecule is CCOc1ccc(C(=O)N(CCCl)C2CCCC2)cc1. The van der Waals surface area contributed by atoms with Crippen LogP contribution in [0.4, 0.5) is 0 Å². The highest BCUT2D eigenvalue weighted by molar-refractivity contribution is 6.18. The molecule has 0 saturated heterocycles. The van der Waals surface area contributed by atoms with E-state index in [0.29, 0.717) is 30.6 Å². The van der Waals surface area contributed by atoms with E-state index in [1.807, 2.05) is 36.1 Å². The van der Waals surface area contributed by atoms with E-state index in [1.54, 1.807) is 0 Å². The first-order chi connectivity index (χ1) is 9.76. The van der Waals surface area contributed by atoms with Crippen LogP contribution in [0.25, 0.3) is 0 Å². The molecule has 0 radical (unpaired) electrons. The van der Waals surface area contributed by atoms with Crippen LogP contribution in [0.15, 0.2) is 24.3 Å². The third-order valence-corrected chi connectivity index (χ3v) is 3.93. The molecule has 3 nitrogen and oxygen atoms in total. The Hall–Kier alpha value is -1.22. The van der Waals surface area contributed by atoms with Gasteiger partial charge in [0.2, 0.25) is 0 Å². The second kappa shape index (κ2) is 7.53. The van der Waals surface area contributed by atoms with Gasteiger partial charge in [0.15, 0.2) is 0 Å². The Morgan fingerprint density at radius 1 is 1.30 bits per heavy atom. The third kappa shape index (κ3) is 3.66. The number of halogens is 1. The Morgan fingerprint density at radius 3 is 2.50 bits per heavy atom. The Morgan fingerprint density at radius 2 is 1.95 bits per heavy atom. The summed E-state index contributed by atoms with van der Waals surface area (Å²) in [6.45, 7) is 3.20. The predicted octanol–water partition coefficient (Wildman–Crippen LogP) is 3.71.